The molecule has 76 valence electrons. The molecule has 14 heavy (non-hydrogen) atoms. The first kappa shape index (κ1) is 10.5. The number of hydrogen-bond acceptors (Lipinski definition) is 3. The summed E-state index contributed by atoms with van der Waals surface area (Å²) in [5.41, 5.74) is 0. The van der Waals surface area contributed by atoms with Gasteiger partial charge in [0.2, 0.25) is 0 Å². The molecule has 1 unspecified atom stereocenters. The zero-order valence-electron chi connectivity index (χ0n) is 7.94. The van der Waals surface area contributed by atoms with Gasteiger partial charge in [-0.2, -0.15) is 0 Å². The molecule has 0 bridgehead atoms. The lowest BCUT2D eigenvalue weighted by Gasteiger charge is -2.13. The molecule has 1 fully saturated rings. The predicted octanol–water partition coefficient (Wildman–Crippen LogP) is 2.79. The minimum atomic E-state index is 0.458. The van der Waals surface area contributed by atoms with Crippen molar-refractivity contribution in [2.45, 2.75) is 11.0 Å². The van der Waals surface area contributed by atoms with Crippen LogP contribution in [-0.4, -0.2) is 30.6 Å². The van der Waals surface area contributed by atoms with Crippen LogP contribution >= 0.6 is 27.9 Å². The quantitative estimate of drug-likeness (QED) is 0.620. The van der Waals surface area contributed by atoms with Gasteiger partial charge in [0, 0.05) is 15.9 Å². The van der Waals surface area contributed by atoms with E-state index < -0.39 is 0 Å². The molecule has 1 heterocycles. The van der Waals surface area contributed by atoms with E-state index in [1.807, 2.05) is 12.1 Å². The number of ether oxygens (including phenoxy) is 1. The molecule has 0 radical (unpaired) electrons. The fourth-order valence-electron chi connectivity index (χ4n) is 1.20. The maximum Gasteiger partial charge on any atom is 0.0945 e. The van der Waals surface area contributed by atoms with Gasteiger partial charge in [0.1, 0.15) is 0 Å². The van der Waals surface area contributed by atoms with E-state index in [-0.39, 0.29) is 0 Å². The van der Waals surface area contributed by atoms with Crippen molar-refractivity contribution in [1.29, 1.82) is 0 Å². The van der Waals surface area contributed by atoms with E-state index in [0.29, 0.717) is 6.10 Å². The van der Waals surface area contributed by atoms with Gasteiger partial charge in [0.15, 0.2) is 0 Å². The molecular weight excluding hydrogens is 262 g/mol. The summed E-state index contributed by atoms with van der Waals surface area (Å²) in [6.45, 7) is 1.92. The highest BCUT2D eigenvalue weighted by molar-refractivity contribution is 9.10. The average Bonchev–Trinajstić information content (AvgIpc) is 2.87. The van der Waals surface area contributed by atoms with Crippen LogP contribution in [0.3, 0.4) is 0 Å². The van der Waals surface area contributed by atoms with Crippen LogP contribution in [0.2, 0.25) is 0 Å². The van der Waals surface area contributed by atoms with Crippen LogP contribution in [0.1, 0.15) is 0 Å². The second-order valence-corrected chi connectivity index (χ2v) is 5.51. The van der Waals surface area contributed by atoms with E-state index in [4.69, 9.17) is 4.74 Å². The van der Waals surface area contributed by atoms with Crippen molar-refractivity contribution in [2.24, 2.45) is 0 Å². The van der Waals surface area contributed by atoms with E-state index in [9.17, 15) is 0 Å². The Balaban J connectivity index is 1.88. The third kappa shape index (κ3) is 3.28. The summed E-state index contributed by atoms with van der Waals surface area (Å²) in [6.07, 6.45) is 0.458. The van der Waals surface area contributed by atoms with E-state index in [1.165, 1.54) is 4.90 Å². The Labute approximate surface area is 96.9 Å². The van der Waals surface area contributed by atoms with Crippen molar-refractivity contribution in [1.82, 2.24) is 4.31 Å². The summed E-state index contributed by atoms with van der Waals surface area (Å²) in [4.78, 5) is 1.25. The third-order valence-corrected chi connectivity index (χ3v) is 3.34. The van der Waals surface area contributed by atoms with Crippen molar-refractivity contribution >= 4 is 27.9 Å². The van der Waals surface area contributed by atoms with Crippen LogP contribution in [0.5, 0.6) is 0 Å². The largest absolute Gasteiger partial charge is 0.372 e. The summed E-state index contributed by atoms with van der Waals surface area (Å²) in [5.74, 6) is 0. The molecule has 0 N–H and O–H groups in total. The Kier molecular flexibility index (Phi) is 3.49. The van der Waals surface area contributed by atoms with Gasteiger partial charge in [-0.1, -0.05) is 22.0 Å². The first-order valence-electron chi connectivity index (χ1n) is 4.50. The molecule has 0 aliphatic carbocycles. The van der Waals surface area contributed by atoms with Crippen molar-refractivity contribution in [2.75, 3.05) is 20.2 Å². The van der Waals surface area contributed by atoms with Gasteiger partial charge in [-0.15, -0.1) is 0 Å². The zero-order valence-corrected chi connectivity index (χ0v) is 10.3. The fraction of sp³-hybridized carbons (Fsp3) is 0.400. The molecule has 2 nitrogen and oxygen atoms in total. The molecule has 1 atom stereocenters. The van der Waals surface area contributed by atoms with Gasteiger partial charge >= 0.3 is 0 Å². The molecule has 1 aliphatic heterocycles. The lowest BCUT2D eigenvalue weighted by Crippen LogP contribution is -2.15. The van der Waals surface area contributed by atoms with E-state index >= 15 is 0 Å². The maximum absolute atomic E-state index is 5.18. The number of likely N-dealkylation sites (N-methyl/N-ethyl adjacent to an activating group) is 1. The molecule has 0 amide bonds. The van der Waals surface area contributed by atoms with Crippen LogP contribution < -0.4 is 0 Å². The van der Waals surface area contributed by atoms with Crippen LogP contribution in [0, 0.1) is 0 Å². The molecular formula is C10H12BrNOS. The number of hydrogen-bond donors (Lipinski definition) is 0. The number of rotatable bonds is 4. The fourth-order valence-corrected chi connectivity index (χ4v) is 2.67. The highest BCUT2D eigenvalue weighted by atomic mass is 79.9. The van der Waals surface area contributed by atoms with Gasteiger partial charge in [-0.05, 0) is 37.2 Å². The van der Waals surface area contributed by atoms with Gasteiger partial charge in [0.05, 0.1) is 12.7 Å². The topological polar surface area (TPSA) is 15.8 Å². The first-order valence-corrected chi connectivity index (χ1v) is 6.07. The SMILES string of the molecule is CN(CC1CO1)Sc1cccc(Br)c1. The minimum absolute atomic E-state index is 0.458. The highest BCUT2D eigenvalue weighted by Crippen LogP contribution is 2.25. The average molecular weight is 274 g/mol. The zero-order chi connectivity index (χ0) is 9.97. The summed E-state index contributed by atoms with van der Waals surface area (Å²) in [5, 5.41) is 0. The first-order chi connectivity index (χ1) is 6.74. The monoisotopic (exact) mass is 273 g/mol. The van der Waals surface area contributed by atoms with Crippen LogP contribution in [-0.2, 0) is 4.74 Å². The number of nitrogens with zero attached hydrogens (tertiary/aromatic N) is 1. The van der Waals surface area contributed by atoms with Crippen LogP contribution in [0.4, 0.5) is 0 Å². The Morgan fingerprint density at radius 2 is 2.43 bits per heavy atom. The Morgan fingerprint density at radius 1 is 1.64 bits per heavy atom. The van der Waals surface area contributed by atoms with Crippen molar-refractivity contribution in [3.8, 4) is 0 Å². The molecule has 1 saturated heterocycles. The van der Waals surface area contributed by atoms with Crippen molar-refractivity contribution in [3.63, 3.8) is 0 Å². The molecule has 2 rings (SSSR count). The van der Waals surface area contributed by atoms with Gasteiger partial charge < -0.3 is 4.74 Å². The number of benzene rings is 1. The molecule has 0 saturated carbocycles. The Bertz CT molecular complexity index is 317. The summed E-state index contributed by atoms with van der Waals surface area (Å²) in [7, 11) is 2.09. The lowest BCUT2D eigenvalue weighted by atomic mass is 10.4. The second-order valence-electron chi connectivity index (χ2n) is 3.31. The van der Waals surface area contributed by atoms with E-state index in [1.54, 1.807) is 11.9 Å². The molecule has 4 heteroatoms. The summed E-state index contributed by atoms with van der Waals surface area (Å²) in [6, 6.07) is 8.32. The van der Waals surface area contributed by atoms with Gasteiger partial charge in [-0.3, -0.25) is 0 Å². The number of halogens is 1. The van der Waals surface area contributed by atoms with E-state index in [0.717, 1.165) is 17.6 Å². The summed E-state index contributed by atoms with van der Waals surface area (Å²) < 4.78 is 8.51. The van der Waals surface area contributed by atoms with Gasteiger partial charge in [-0.25, -0.2) is 4.31 Å². The van der Waals surface area contributed by atoms with Crippen LogP contribution in [0.15, 0.2) is 33.6 Å². The maximum atomic E-state index is 5.18. The molecule has 1 aromatic rings. The van der Waals surface area contributed by atoms with Crippen molar-refractivity contribution in [3.05, 3.63) is 28.7 Å². The predicted molar refractivity (Wildman–Crippen MR) is 62.4 cm³/mol. The van der Waals surface area contributed by atoms with Gasteiger partial charge in [0.25, 0.3) is 0 Å². The normalized spacial score (nSPS) is 20.1. The second kappa shape index (κ2) is 4.66. The molecule has 1 aromatic carbocycles. The summed E-state index contributed by atoms with van der Waals surface area (Å²) >= 11 is 5.21. The minimum Gasteiger partial charge on any atom is -0.372 e. The third-order valence-electron chi connectivity index (χ3n) is 1.92. The highest BCUT2D eigenvalue weighted by Gasteiger charge is 2.24. The lowest BCUT2D eigenvalue weighted by molar-refractivity contribution is 0.373. The molecule has 1 aliphatic rings. The Morgan fingerprint density at radius 3 is 3.07 bits per heavy atom. The standard InChI is InChI=1S/C10H12BrNOS/c1-12(6-9-7-13-9)14-10-4-2-3-8(11)5-10/h2-5,9H,6-7H2,1H3. The molecule has 0 aromatic heterocycles. The number of epoxide rings is 1. The van der Waals surface area contributed by atoms with Crippen molar-refractivity contribution < 1.29 is 4.74 Å². The van der Waals surface area contributed by atoms with E-state index in [2.05, 4.69) is 39.4 Å². The van der Waals surface area contributed by atoms with Crippen LogP contribution in [0.25, 0.3) is 0 Å². The molecule has 0 spiro atoms. The Hall–Kier alpha value is -0.0300. The smallest absolute Gasteiger partial charge is 0.0945 e.